The maximum atomic E-state index is 12.6. The Morgan fingerprint density at radius 1 is 1.36 bits per heavy atom. The third-order valence-electron chi connectivity index (χ3n) is 4.41. The van der Waals surface area contributed by atoms with E-state index in [2.05, 4.69) is 15.6 Å². The Morgan fingerprint density at radius 2 is 2.18 bits per heavy atom. The first-order valence-electron chi connectivity index (χ1n) is 8.72. The summed E-state index contributed by atoms with van der Waals surface area (Å²) in [5.41, 5.74) is 1.59. The summed E-state index contributed by atoms with van der Waals surface area (Å²) in [5, 5.41) is 7.69. The van der Waals surface area contributed by atoms with Crippen molar-refractivity contribution in [1.82, 2.24) is 15.2 Å². The molecule has 2 aliphatic heterocycles. The molecule has 0 spiro atoms. The normalized spacial score (nSPS) is 17.8. The van der Waals surface area contributed by atoms with Gasteiger partial charge in [-0.3, -0.25) is 14.5 Å². The molecule has 2 aliphatic rings. The number of rotatable bonds is 6. The maximum Gasteiger partial charge on any atom is 0.325 e. The molecule has 0 aliphatic carbocycles. The van der Waals surface area contributed by atoms with Crippen LogP contribution in [0.15, 0.2) is 23.6 Å². The van der Waals surface area contributed by atoms with Gasteiger partial charge in [-0.2, -0.15) is 0 Å². The van der Waals surface area contributed by atoms with E-state index in [1.54, 1.807) is 18.2 Å². The zero-order valence-corrected chi connectivity index (χ0v) is 15.9. The molecule has 10 heteroatoms. The SMILES string of the molecule is Cc1csc(NC(=O)CC[C@@H]2NC(=O)N(Cc3ccc4c(c3)OCO4)C2=O)n1. The molecule has 1 aromatic carbocycles. The van der Waals surface area contributed by atoms with Crippen LogP contribution in [0.25, 0.3) is 0 Å². The Kier molecular flexibility index (Phi) is 4.86. The lowest BCUT2D eigenvalue weighted by Gasteiger charge is -2.13. The van der Waals surface area contributed by atoms with Gasteiger partial charge in [0, 0.05) is 11.8 Å². The molecule has 1 saturated heterocycles. The average molecular weight is 402 g/mol. The monoisotopic (exact) mass is 402 g/mol. The molecular weight excluding hydrogens is 384 g/mol. The number of aryl methyl sites for hydroxylation is 1. The van der Waals surface area contributed by atoms with Gasteiger partial charge in [-0.1, -0.05) is 6.07 Å². The number of nitrogens with zero attached hydrogens (tertiary/aromatic N) is 2. The Morgan fingerprint density at radius 3 is 2.96 bits per heavy atom. The molecule has 1 aromatic heterocycles. The molecule has 3 heterocycles. The van der Waals surface area contributed by atoms with E-state index in [0.29, 0.717) is 16.6 Å². The molecule has 0 saturated carbocycles. The highest BCUT2D eigenvalue weighted by molar-refractivity contribution is 7.13. The van der Waals surface area contributed by atoms with Crippen LogP contribution in [0.2, 0.25) is 0 Å². The van der Waals surface area contributed by atoms with E-state index < -0.39 is 12.1 Å². The van der Waals surface area contributed by atoms with Gasteiger partial charge in [0.25, 0.3) is 5.91 Å². The third-order valence-corrected chi connectivity index (χ3v) is 5.29. The predicted molar refractivity (Wildman–Crippen MR) is 100 cm³/mol. The molecule has 4 amide bonds. The van der Waals surface area contributed by atoms with E-state index >= 15 is 0 Å². The van der Waals surface area contributed by atoms with Gasteiger partial charge >= 0.3 is 6.03 Å². The molecule has 0 bridgehead atoms. The second-order valence-electron chi connectivity index (χ2n) is 6.49. The maximum absolute atomic E-state index is 12.6. The average Bonchev–Trinajstić information content (AvgIpc) is 3.36. The summed E-state index contributed by atoms with van der Waals surface area (Å²) in [6, 6.07) is 4.09. The van der Waals surface area contributed by atoms with Crippen molar-refractivity contribution >= 4 is 34.3 Å². The van der Waals surface area contributed by atoms with Gasteiger partial charge in [-0.15, -0.1) is 11.3 Å². The van der Waals surface area contributed by atoms with Gasteiger partial charge in [-0.05, 0) is 31.0 Å². The van der Waals surface area contributed by atoms with Crippen LogP contribution in [-0.4, -0.2) is 40.6 Å². The summed E-state index contributed by atoms with van der Waals surface area (Å²) >= 11 is 1.34. The second-order valence-corrected chi connectivity index (χ2v) is 7.35. The first kappa shape index (κ1) is 18.2. The summed E-state index contributed by atoms with van der Waals surface area (Å²) in [7, 11) is 0. The van der Waals surface area contributed by atoms with E-state index in [9.17, 15) is 14.4 Å². The van der Waals surface area contributed by atoms with Crippen molar-refractivity contribution < 1.29 is 23.9 Å². The molecular formula is C18H18N4O5S. The van der Waals surface area contributed by atoms with E-state index in [1.165, 1.54) is 11.3 Å². The molecule has 0 unspecified atom stereocenters. The van der Waals surface area contributed by atoms with Crippen molar-refractivity contribution in [3.05, 3.63) is 34.8 Å². The van der Waals surface area contributed by atoms with Crippen molar-refractivity contribution in [2.45, 2.75) is 32.4 Å². The number of carbonyl (C=O) groups excluding carboxylic acids is 3. The molecule has 1 fully saturated rings. The summed E-state index contributed by atoms with van der Waals surface area (Å²) in [5.74, 6) is 0.640. The summed E-state index contributed by atoms with van der Waals surface area (Å²) in [4.78, 5) is 42.1. The molecule has 2 N–H and O–H groups in total. The van der Waals surface area contributed by atoms with Crippen molar-refractivity contribution in [2.75, 3.05) is 12.1 Å². The number of benzene rings is 1. The van der Waals surface area contributed by atoms with Gasteiger partial charge in [0.15, 0.2) is 16.6 Å². The van der Waals surface area contributed by atoms with Crippen molar-refractivity contribution in [1.29, 1.82) is 0 Å². The fourth-order valence-corrected chi connectivity index (χ4v) is 3.72. The quantitative estimate of drug-likeness (QED) is 0.716. The van der Waals surface area contributed by atoms with Crippen LogP contribution in [0.1, 0.15) is 24.1 Å². The highest BCUT2D eigenvalue weighted by atomic mass is 32.1. The summed E-state index contributed by atoms with van der Waals surface area (Å²) in [6.07, 6.45) is 0.325. The first-order valence-corrected chi connectivity index (χ1v) is 9.60. The van der Waals surface area contributed by atoms with Crippen molar-refractivity contribution in [3.8, 4) is 11.5 Å². The number of hydrogen-bond acceptors (Lipinski definition) is 7. The van der Waals surface area contributed by atoms with Gasteiger partial charge in [0.1, 0.15) is 6.04 Å². The van der Waals surface area contributed by atoms with Crippen molar-refractivity contribution in [2.24, 2.45) is 0 Å². The highest BCUT2D eigenvalue weighted by Crippen LogP contribution is 2.33. The summed E-state index contributed by atoms with van der Waals surface area (Å²) in [6.45, 7) is 2.13. The topological polar surface area (TPSA) is 110 Å². The standard InChI is InChI=1S/C18H18N4O5S/c1-10-8-28-17(19-10)21-15(23)5-3-12-16(24)22(18(25)20-12)7-11-2-4-13-14(6-11)27-9-26-13/h2,4,6,8,12H,3,5,7,9H2,1H3,(H,20,25)(H,19,21,23)/t12-/m0/s1. The second kappa shape index (κ2) is 7.47. The number of amides is 4. The fourth-order valence-electron chi connectivity index (χ4n) is 3.01. The van der Waals surface area contributed by atoms with Crippen LogP contribution in [0.3, 0.4) is 0 Å². The molecule has 28 heavy (non-hydrogen) atoms. The lowest BCUT2D eigenvalue weighted by atomic mass is 10.1. The van der Waals surface area contributed by atoms with E-state index in [0.717, 1.165) is 16.2 Å². The molecule has 9 nitrogen and oxygen atoms in total. The van der Waals surface area contributed by atoms with Gasteiger partial charge < -0.3 is 20.1 Å². The largest absolute Gasteiger partial charge is 0.454 e. The zero-order valence-electron chi connectivity index (χ0n) is 15.1. The number of hydrogen-bond donors (Lipinski definition) is 2. The van der Waals surface area contributed by atoms with Crippen LogP contribution in [0.4, 0.5) is 9.93 Å². The lowest BCUT2D eigenvalue weighted by Crippen LogP contribution is -2.31. The highest BCUT2D eigenvalue weighted by Gasteiger charge is 2.38. The molecule has 146 valence electrons. The number of nitrogens with one attached hydrogen (secondary N) is 2. The first-order chi connectivity index (χ1) is 13.5. The lowest BCUT2D eigenvalue weighted by molar-refractivity contribution is -0.128. The number of anilines is 1. The predicted octanol–water partition coefficient (Wildman–Crippen LogP) is 2.02. The minimum Gasteiger partial charge on any atom is -0.454 e. The Balaban J connectivity index is 1.32. The number of fused-ring (bicyclic) bond motifs is 1. The number of carbonyl (C=O) groups is 3. The van der Waals surface area contributed by atoms with Crippen LogP contribution >= 0.6 is 11.3 Å². The van der Waals surface area contributed by atoms with E-state index in [1.807, 2.05) is 12.3 Å². The van der Waals surface area contributed by atoms with E-state index in [-0.39, 0.29) is 38.0 Å². The van der Waals surface area contributed by atoms with Crippen molar-refractivity contribution in [3.63, 3.8) is 0 Å². The molecule has 2 aromatic rings. The molecule has 1 atom stereocenters. The number of ether oxygens (including phenoxy) is 2. The van der Waals surface area contributed by atoms with Gasteiger partial charge in [-0.25, -0.2) is 9.78 Å². The Labute approximate surface area is 164 Å². The molecule has 0 radical (unpaired) electrons. The van der Waals surface area contributed by atoms with Gasteiger partial charge in [0.05, 0.1) is 12.2 Å². The fraction of sp³-hybridized carbons (Fsp3) is 0.333. The zero-order chi connectivity index (χ0) is 19.7. The summed E-state index contributed by atoms with van der Waals surface area (Å²) < 4.78 is 10.6. The number of thiazole rings is 1. The van der Waals surface area contributed by atoms with Gasteiger partial charge in [0.2, 0.25) is 12.7 Å². The smallest absolute Gasteiger partial charge is 0.325 e. The number of imide groups is 1. The van der Waals surface area contributed by atoms with Crippen LogP contribution in [0.5, 0.6) is 11.5 Å². The van der Waals surface area contributed by atoms with Crippen LogP contribution in [0, 0.1) is 6.92 Å². The van der Waals surface area contributed by atoms with Crippen LogP contribution in [-0.2, 0) is 16.1 Å². The number of urea groups is 1. The Bertz CT molecular complexity index is 944. The minimum atomic E-state index is -0.717. The molecule has 4 rings (SSSR count). The van der Waals surface area contributed by atoms with E-state index in [4.69, 9.17) is 9.47 Å². The third kappa shape index (κ3) is 3.77. The minimum absolute atomic E-state index is 0.104. The van der Waals surface area contributed by atoms with Crippen LogP contribution < -0.4 is 20.1 Å². The Hall–Kier alpha value is -3.14. The number of aromatic nitrogens is 1.